The molecule has 1 aromatic rings. The first-order chi connectivity index (χ1) is 10.1. The normalized spacial score (nSPS) is 20.3. The molecule has 112 valence electrons. The first kappa shape index (κ1) is 14.1. The summed E-state index contributed by atoms with van der Waals surface area (Å²) in [7, 11) is 0. The van der Waals surface area contributed by atoms with Gasteiger partial charge in [0.2, 0.25) is 5.91 Å². The Hall–Kier alpha value is -1.84. The molecule has 0 aromatic heterocycles. The summed E-state index contributed by atoms with van der Waals surface area (Å²) >= 11 is 0. The number of hydrogen-bond acceptors (Lipinski definition) is 3. The molecule has 1 aromatic carbocycles. The highest BCUT2D eigenvalue weighted by molar-refractivity contribution is 6.08. The van der Waals surface area contributed by atoms with Gasteiger partial charge in [0.25, 0.3) is 5.91 Å². The van der Waals surface area contributed by atoms with Crippen LogP contribution in [-0.4, -0.2) is 22.4 Å². The fourth-order valence-corrected chi connectivity index (χ4v) is 3.28. The number of ether oxygens (including phenoxy) is 1. The van der Waals surface area contributed by atoms with Crippen LogP contribution in [0.5, 0.6) is 5.75 Å². The molecule has 2 aliphatic rings. The maximum atomic E-state index is 12.9. The van der Waals surface area contributed by atoms with Gasteiger partial charge < -0.3 is 4.74 Å². The molecule has 4 heteroatoms. The molecule has 4 nitrogen and oxygen atoms in total. The van der Waals surface area contributed by atoms with Gasteiger partial charge in [0.15, 0.2) is 5.72 Å². The maximum Gasteiger partial charge on any atom is 0.267 e. The van der Waals surface area contributed by atoms with Crippen LogP contribution in [0, 0.1) is 5.92 Å². The van der Waals surface area contributed by atoms with Gasteiger partial charge in [-0.2, -0.15) is 0 Å². The summed E-state index contributed by atoms with van der Waals surface area (Å²) in [6, 6.07) is 7.22. The van der Waals surface area contributed by atoms with Crippen molar-refractivity contribution in [2.75, 3.05) is 0 Å². The molecule has 0 saturated heterocycles. The van der Waals surface area contributed by atoms with E-state index in [9.17, 15) is 9.59 Å². The molecule has 1 heterocycles. The second-order valence-corrected chi connectivity index (χ2v) is 6.24. The lowest BCUT2D eigenvalue weighted by atomic mass is 9.87. The number of para-hydroxylation sites is 1. The molecule has 1 aliphatic heterocycles. The number of carbonyl (C=O) groups is 2. The number of imide groups is 1. The number of hydrogen-bond donors (Lipinski definition) is 0. The molecular weight excluding hydrogens is 266 g/mol. The number of fused-ring (bicyclic) bond motifs is 1. The lowest BCUT2D eigenvalue weighted by molar-refractivity contribution is -0.156. The summed E-state index contributed by atoms with van der Waals surface area (Å²) in [4.78, 5) is 26.9. The first-order valence-electron chi connectivity index (χ1n) is 7.72. The van der Waals surface area contributed by atoms with Gasteiger partial charge >= 0.3 is 0 Å². The Kier molecular flexibility index (Phi) is 3.47. The van der Waals surface area contributed by atoms with Gasteiger partial charge in [-0.15, -0.1) is 0 Å². The standard InChI is InChI=1S/C17H21NO3/c1-12(2)15(19)18-16(20)13-8-4-5-9-14(13)21-17(18)10-6-3-7-11-17/h4-5,8-9,12H,3,6-7,10-11H2,1-2H3. The lowest BCUT2D eigenvalue weighted by Crippen LogP contribution is -2.62. The van der Waals surface area contributed by atoms with E-state index in [1.165, 1.54) is 4.90 Å². The van der Waals surface area contributed by atoms with Crippen LogP contribution < -0.4 is 4.74 Å². The highest BCUT2D eigenvalue weighted by Gasteiger charge is 2.50. The van der Waals surface area contributed by atoms with Crippen molar-refractivity contribution in [3.8, 4) is 5.75 Å². The number of amides is 2. The number of rotatable bonds is 1. The summed E-state index contributed by atoms with van der Waals surface area (Å²) < 4.78 is 6.20. The highest BCUT2D eigenvalue weighted by atomic mass is 16.5. The lowest BCUT2D eigenvalue weighted by Gasteiger charge is -2.48. The monoisotopic (exact) mass is 287 g/mol. The van der Waals surface area contributed by atoms with Gasteiger partial charge in [0, 0.05) is 18.8 Å². The van der Waals surface area contributed by atoms with E-state index in [1.807, 2.05) is 26.0 Å². The van der Waals surface area contributed by atoms with Crippen LogP contribution in [0.4, 0.5) is 0 Å². The average Bonchev–Trinajstić information content (AvgIpc) is 2.48. The predicted octanol–water partition coefficient (Wildman–Crippen LogP) is 3.36. The Morgan fingerprint density at radius 2 is 1.86 bits per heavy atom. The minimum Gasteiger partial charge on any atom is -0.467 e. The third kappa shape index (κ3) is 2.23. The van der Waals surface area contributed by atoms with Crippen molar-refractivity contribution in [3.05, 3.63) is 29.8 Å². The van der Waals surface area contributed by atoms with Gasteiger partial charge in [-0.3, -0.25) is 9.59 Å². The molecule has 0 unspecified atom stereocenters. The Labute approximate surface area is 125 Å². The Bertz CT molecular complexity index is 573. The average molecular weight is 287 g/mol. The smallest absolute Gasteiger partial charge is 0.267 e. The second-order valence-electron chi connectivity index (χ2n) is 6.24. The van der Waals surface area contributed by atoms with E-state index in [4.69, 9.17) is 4.74 Å². The molecule has 1 aliphatic carbocycles. The van der Waals surface area contributed by atoms with Crippen LogP contribution in [0.25, 0.3) is 0 Å². The zero-order chi connectivity index (χ0) is 15.0. The van der Waals surface area contributed by atoms with Crippen LogP contribution >= 0.6 is 0 Å². The Morgan fingerprint density at radius 3 is 2.52 bits per heavy atom. The predicted molar refractivity (Wildman–Crippen MR) is 78.9 cm³/mol. The van der Waals surface area contributed by atoms with E-state index >= 15 is 0 Å². The van der Waals surface area contributed by atoms with Crippen molar-refractivity contribution < 1.29 is 14.3 Å². The van der Waals surface area contributed by atoms with Crippen LogP contribution in [0.2, 0.25) is 0 Å². The van der Waals surface area contributed by atoms with Crippen LogP contribution in [-0.2, 0) is 4.79 Å². The van der Waals surface area contributed by atoms with Gasteiger partial charge in [0.05, 0.1) is 5.56 Å². The van der Waals surface area contributed by atoms with Gasteiger partial charge in [0.1, 0.15) is 5.75 Å². The van der Waals surface area contributed by atoms with Crippen molar-refractivity contribution in [2.24, 2.45) is 5.92 Å². The third-order valence-electron chi connectivity index (χ3n) is 4.38. The minimum atomic E-state index is -0.773. The van der Waals surface area contributed by atoms with Crippen LogP contribution in [0.15, 0.2) is 24.3 Å². The summed E-state index contributed by atoms with van der Waals surface area (Å²) in [5, 5.41) is 0. The van der Waals surface area contributed by atoms with Crippen molar-refractivity contribution >= 4 is 11.8 Å². The molecule has 0 N–H and O–H groups in total. The molecule has 1 spiro atoms. The largest absolute Gasteiger partial charge is 0.467 e. The van der Waals surface area contributed by atoms with Gasteiger partial charge in [-0.25, -0.2) is 4.90 Å². The SMILES string of the molecule is CC(C)C(=O)N1C(=O)c2ccccc2OC12CCCCC2. The van der Waals surface area contributed by atoms with Crippen LogP contribution in [0.3, 0.4) is 0 Å². The van der Waals surface area contributed by atoms with Crippen molar-refractivity contribution in [2.45, 2.75) is 51.7 Å². The zero-order valence-electron chi connectivity index (χ0n) is 12.6. The van der Waals surface area contributed by atoms with E-state index in [2.05, 4.69) is 0 Å². The van der Waals surface area contributed by atoms with E-state index < -0.39 is 5.72 Å². The van der Waals surface area contributed by atoms with Crippen molar-refractivity contribution in [1.29, 1.82) is 0 Å². The number of benzene rings is 1. The van der Waals surface area contributed by atoms with E-state index in [0.717, 1.165) is 32.1 Å². The fraction of sp³-hybridized carbons (Fsp3) is 0.529. The zero-order valence-corrected chi connectivity index (χ0v) is 12.6. The summed E-state index contributed by atoms with van der Waals surface area (Å²) in [6.45, 7) is 3.65. The fourth-order valence-electron chi connectivity index (χ4n) is 3.28. The molecule has 1 saturated carbocycles. The van der Waals surface area contributed by atoms with E-state index in [0.29, 0.717) is 11.3 Å². The molecule has 2 amide bonds. The van der Waals surface area contributed by atoms with Gasteiger partial charge in [-0.1, -0.05) is 32.4 Å². The van der Waals surface area contributed by atoms with E-state index in [1.54, 1.807) is 12.1 Å². The Morgan fingerprint density at radius 1 is 1.19 bits per heavy atom. The van der Waals surface area contributed by atoms with Crippen molar-refractivity contribution in [1.82, 2.24) is 4.90 Å². The second kappa shape index (κ2) is 5.17. The maximum absolute atomic E-state index is 12.9. The summed E-state index contributed by atoms with van der Waals surface area (Å²) in [5.41, 5.74) is -0.284. The highest BCUT2D eigenvalue weighted by Crippen LogP contribution is 2.42. The number of carbonyl (C=O) groups excluding carboxylic acids is 2. The van der Waals surface area contributed by atoms with Gasteiger partial charge in [-0.05, 0) is 25.0 Å². The van der Waals surface area contributed by atoms with Crippen LogP contribution in [0.1, 0.15) is 56.3 Å². The molecule has 3 rings (SSSR count). The molecule has 0 bridgehead atoms. The first-order valence-corrected chi connectivity index (χ1v) is 7.72. The molecule has 1 fully saturated rings. The summed E-state index contributed by atoms with van der Waals surface area (Å²) in [6.07, 6.45) is 4.55. The third-order valence-corrected chi connectivity index (χ3v) is 4.38. The minimum absolute atomic E-state index is 0.142. The Balaban J connectivity index is 2.09. The van der Waals surface area contributed by atoms with Crippen molar-refractivity contribution in [3.63, 3.8) is 0 Å². The van der Waals surface area contributed by atoms with E-state index in [-0.39, 0.29) is 17.7 Å². The number of nitrogens with zero attached hydrogens (tertiary/aromatic N) is 1. The molecule has 0 radical (unpaired) electrons. The topological polar surface area (TPSA) is 46.6 Å². The summed E-state index contributed by atoms with van der Waals surface area (Å²) in [5.74, 6) is 0.0349. The molecule has 0 atom stereocenters. The molecular formula is C17H21NO3. The molecule has 21 heavy (non-hydrogen) atoms. The quantitative estimate of drug-likeness (QED) is 0.795.